The van der Waals surface area contributed by atoms with Crippen molar-refractivity contribution < 1.29 is 9.59 Å². The summed E-state index contributed by atoms with van der Waals surface area (Å²) in [5.74, 6) is 1.15. The fourth-order valence-corrected chi connectivity index (χ4v) is 5.04. The van der Waals surface area contributed by atoms with Crippen molar-refractivity contribution in [3.8, 4) is 0 Å². The van der Waals surface area contributed by atoms with E-state index in [0.717, 1.165) is 36.6 Å². The molecular weight excluding hydrogens is 394 g/mol. The quantitative estimate of drug-likeness (QED) is 0.682. The Bertz CT molecular complexity index is 1220. The number of hydrogen-bond donors (Lipinski definition) is 1. The lowest BCUT2D eigenvalue weighted by Gasteiger charge is -2.38. The molecular formula is C22H23N7O2. The molecule has 0 aliphatic carbocycles. The lowest BCUT2D eigenvalue weighted by atomic mass is 9.73. The van der Waals surface area contributed by atoms with Gasteiger partial charge in [-0.1, -0.05) is 18.2 Å². The Morgan fingerprint density at radius 2 is 1.87 bits per heavy atom. The predicted molar refractivity (Wildman–Crippen MR) is 115 cm³/mol. The summed E-state index contributed by atoms with van der Waals surface area (Å²) in [6.07, 6.45) is 3.97. The van der Waals surface area contributed by atoms with Crippen LogP contribution < -0.4 is 10.2 Å². The summed E-state index contributed by atoms with van der Waals surface area (Å²) in [6, 6.07) is 7.96. The van der Waals surface area contributed by atoms with Crippen molar-refractivity contribution in [2.24, 2.45) is 7.05 Å². The van der Waals surface area contributed by atoms with Gasteiger partial charge in [0.15, 0.2) is 17.0 Å². The average Bonchev–Trinajstić information content (AvgIpc) is 3.22. The number of imidazole rings is 1. The number of carbonyl (C=O) groups excluding carboxylic acids is 2. The second-order valence-electron chi connectivity index (χ2n) is 8.58. The van der Waals surface area contributed by atoms with E-state index >= 15 is 0 Å². The molecule has 0 unspecified atom stereocenters. The first kappa shape index (κ1) is 18.3. The highest BCUT2D eigenvalue weighted by molar-refractivity contribution is 6.06. The van der Waals surface area contributed by atoms with Crippen LogP contribution in [-0.4, -0.2) is 62.4 Å². The third-order valence-corrected chi connectivity index (χ3v) is 7.01. The van der Waals surface area contributed by atoms with Gasteiger partial charge in [0.25, 0.3) is 5.91 Å². The molecule has 31 heavy (non-hydrogen) atoms. The number of benzene rings is 1. The van der Waals surface area contributed by atoms with Gasteiger partial charge in [0.05, 0.1) is 5.41 Å². The number of carbonyl (C=O) groups is 2. The van der Waals surface area contributed by atoms with Crippen LogP contribution >= 0.6 is 0 Å². The molecule has 6 rings (SSSR count). The van der Waals surface area contributed by atoms with E-state index in [1.165, 1.54) is 6.33 Å². The highest BCUT2D eigenvalue weighted by Gasteiger charge is 2.48. The van der Waals surface area contributed by atoms with Gasteiger partial charge in [0.1, 0.15) is 6.33 Å². The van der Waals surface area contributed by atoms with Crippen LogP contribution in [0.4, 0.5) is 11.5 Å². The predicted octanol–water partition coefficient (Wildman–Crippen LogP) is 1.70. The monoisotopic (exact) mass is 417 g/mol. The first-order valence-electron chi connectivity index (χ1n) is 10.7. The highest BCUT2D eigenvalue weighted by Crippen LogP contribution is 2.45. The number of rotatable bonds is 2. The molecule has 0 saturated carbocycles. The Morgan fingerprint density at radius 3 is 2.61 bits per heavy atom. The van der Waals surface area contributed by atoms with Crippen molar-refractivity contribution in [1.82, 2.24) is 24.4 Å². The number of para-hydroxylation sites is 1. The zero-order valence-electron chi connectivity index (χ0n) is 17.3. The number of amides is 2. The summed E-state index contributed by atoms with van der Waals surface area (Å²) in [5, 5.41) is 3.05. The number of fused-ring (bicyclic) bond motifs is 3. The number of nitrogens with zero attached hydrogens (tertiary/aromatic N) is 6. The topological polar surface area (TPSA) is 96.2 Å². The SMILES string of the molecule is Cn1c(C(=O)N2CCC2)nc2c(N3CCC4(CC3)C(=O)Nc3ccccc34)ncnc21. The Balaban J connectivity index is 1.32. The van der Waals surface area contributed by atoms with Crippen molar-refractivity contribution in [2.75, 3.05) is 36.4 Å². The van der Waals surface area contributed by atoms with E-state index in [-0.39, 0.29) is 11.8 Å². The van der Waals surface area contributed by atoms with Gasteiger partial charge in [-0.15, -0.1) is 0 Å². The largest absolute Gasteiger partial charge is 0.355 e. The van der Waals surface area contributed by atoms with E-state index in [1.54, 1.807) is 9.47 Å². The zero-order chi connectivity index (χ0) is 21.2. The molecule has 2 saturated heterocycles. The van der Waals surface area contributed by atoms with Gasteiger partial charge in [0, 0.05) is 38.9 Å². The van der Waals surface area contributed by atoms with Crippen LogP contribution in [-0.2, 0) is 17.3 Å². The van der Waals surface area contributed by atoms with Gasteiger partial charge in [-0.25, -0.2) is 15.0 Å². The highest BCUT2D eigenvalue weighted by atomic mass is 16.2. The van der Waals surface area contributed by atoms with Gasteiger partial charge in [0.2, 0.25) is 11.7 Å². The van der Waals surface area contributed by atoms with Crippen LogP contribution in [0.1, 0.15) is 35.4 Å². The third kappa shape index (κ3) is 2.52. The van der Waals surface area contributed by atoms with Gasteiger partial charge in [-0.05, 0) is 30.9 Å². The Kier molecular flexibility index (Phi) is 3.84. The smallest absolute Gasteiger partial charge is 0.289 e. The minimum Gasteiger partial charge on any atom is -0.355 e. The van der Waals surface area contributed by atoms with Crippen molar-refractivity contribution in [3.05, 3.63) is 42.0 Å². The molecule has 0 bridgehead atoms. The van der Waals surface area contributed by atoms with Crippen LogP contribution in [0.25, 0.3) is 11.2 Å². The van der Waals surface area contributed by atoms with Gasteiger partial charge in [-0.3, -0.25) is 9.59 Å². The molecule has 158 valence electrons. The average molecular weight is 417 g/mol. The summed E-state index contributed by atoms with van der Waals surface area (Å²) in [5.41, 5.74) is 2.82. The Labute approximate surface area is 179 Å². The maximum Gasteiger partial charge on any atom is 0.289 e. The molecule has 2 aromatic heterocycles. The molecule has 3 aliphatic rings. The van der Waals surface area contributed by atoms with Crippen molar-refractivity contribution in [3.63, 3.8) is 0 Å². The maximum absolute atomic E-state index is 12.9. The summed E-state index contributed by atoms with van der Waals surface area (Å²) < 4.78 is 1.76. The van der Waals surface area contributed by atoms with E-state index in [2.05, 4.69) is 31.2 Å². The molecule has 9 heteroatoms. The summed E-state index contributed by atoms with van der Waals surface area (Å²) in [7, 11) is 1.82. The van der Waals surface area contributed by atoms with E-state index in [1.807, 2.05) is 25.2 Å². The molecule has 0 atom stereocenters. The Hall–Kier alpha value is -3.49. The molecule has 2 fully saturated rings. The number of aromatic nitrogens is 4. The number of aryl methyl sites for hydroxylation is 1. The lowest BCUT2D eigenvalue weighted by Crippen LogP contribution is -2.46. The van der Waals surface area contributed by atoms with E-state index in [9.17, 15) is 9.59 Å². The van der Waals surface area contributed by atoms with Crippen LogP contribution in [0.2, 0.25) is 0 Å². The molecule has 3 aromatic rings. The minimum atomic E-state index is -0.484. The molecule has 1 N–H and O–H groups in total. The molecule has 1 spiro atoms. The number of nitrogens with one attached hydrogen (secondary N) is 1. The summed E-state index contributed by atoms with van der Waals surface area (Å²) in [4.78, 5) is 43.2. The molecule has 2 amide bonds. The fraction of sp³-hybridized carbons (Fsp3) is 0.409. The second-order valence-corrected chi connectivity index (χ2v) is 8.58. The molecule has 9 nitrogen and oxygen atoms in total. The number of hydrogen-bond acceptors (Lipinski definition) is 6. The van der Waals surface area contributed by atoms with Crippen molar-refractivity contribution in [1.29, 1.82) is 0 Å². The summed E-state index contributed by atoms with van der Waals surface area (Å²) in [6.45, 7) is 2.91. The molecule has 3 aliphatic heterocycles. The second kappa shape index (κ2) is 6.50. The molecule has 1 aromatic carbocycles. The van der Waals surface area contributed by atoms with Crippen LogP contribution in [0, 0.1) is 0 Å². The van der Waals surface area contributed by atoms with Gasteiger partial charge < -0.3 is 19.7 Å². The number of piperidine rings is 1. The van der Waals surface area contributed by atoms with E-state index in [0.29, 0.717) is 42.9 Å². The number of likely N-dealkylation sites (tertiary alicyclic amines) is 1. The molecule has 5 heterocycles. The van der Waals surface area contributed by atoms with Crippen LogP contribution in [0.3, 0.4) is 0 Å². The number of anilines is 2. The summed E-state index contributed by atoms with van der Waals surface area (Å²) >= 11 is 0. The van der Waals surface area contributed by atoms with Crippen LogP contribution in [0.15, 0.2) is 30.6 Å². The fourth-order valence-electron chi connectivity index (χ4n) is 5.04. The lowest BCUT2D eigenvalue weighted by molar-refractivity contribution is -0.121. The van der Waals surface area contributed by atoms with E-state index < -0.39 is 5.41 Å². The van der Waals surface area contributed by atoms with Gasteiger partial charge >= 0.3 is 0 Å². The zero-order valence-corrected chi connectivity index (χ0v) is 17.3. The van der Waals surface area contributed by atoms with Crippen molar-refractivity contribution in [2.45, 2.75) is 24.7 Å². The van der Waals surface area contributed by atoms with Crippen molar-refractivity contribution >= 4 is 34.5 Å². The normalized spacial score (nSPS) is 19.5. The first-order valence-corrected chi connectivity index (χ1v) is 10.7. The molecule has 0 radical (unpaired) electrons. The Morgan fingerprint density at radius 1 is 1.10 bits per heavy atom. The minimum absolute atomic E-state index is 0.0606. The van der Waals surface area contributed by atoms with Gasteiger partial charge in [-0.2, -0.15) is 0 Å². The first-order chi connectivity index (χ1) is 15.1. The standard InChI is InChI=1S/C22H23N7O2/c1-27-17-16(26-19(27)20(30)29-9-4-10-29)18(24-13-23-17)28-11-7-22(8-12-28)14-5-2-3-6-15(14)25-21(22)31/h2-3,5-6,13H,4,7-12H2,1H3,(H,25,31). The van der Waals surface area contributed by atoms with E-state index in [4.69, 9.17) is 0 Å². The third-order valence-electron chi connectivity index (χ3n) is 7.01. The maximum atomic E-state index is 12.9. The van der Waals surface area contributed by atoms with Crippen LogP contribution in [0.5, 0.6) is 0 Å².